The Morgan fingerprint density at radius 3 is 2.90 bits per heavy atom. The first-order valence-electron chi connectivity index (χ1n) is 8.15. The van der Waals surface area contributed by atoms with E-state index in [4.69, 9.17) is 5.84 Å². The van der Waals surface area contributed by atoms with Crippen LogP contribution in [0, 0.1) is 11.8 Å². The standard InChI is InChI=1S/C18H25N3/c1-2-13-7-3-4-8-14(13)18(21-19)16-9-5-11-17-15(16)10-6-12-20-17/h5-6,9-14,18,21H,2-4,7-8,19H2,1H3. The second-order valence-electron chi connectivity index (χ2n) is 6.18. The van der Waals surface area contributed by atoms with Gasteiger partial charge in [0.1, 0.15) is 0 Å². The van der Waals surface area contributed by atoms with Crippen molar-refractivity contribution < 1.29 is 0 Å². The Balaban J connectivity index is 2.01. The van der Waals surface area contributed by atoms with Crippen LogP contribution in [0.25, 0.3) is 10.9 Å². The number of benzene rings is 1. The normalized spacial score (nSPS) is 24.1. The number of hydrogen-bond donors (Lipinski definition) is 2. The van der Waals surface area contributed by atoms with Gasteiger partial charge in [0.2, 0.25) is 0 Å². The Bertz CT molecular complexity index is 591. The van der Waals surface area contributed by atoms with Crippen LogP contribution in [0.1, 0.15) is 50.6 Å². The third-order valence-corrected chi connectivity index (χ3v) is 5.11. The van der Waals surface area contributed by atoms with E-state index in [0.29, 0.717) is 5.92 Å². The predicted octanol–water partition coefficient (Wildman–Crippen LogP) is 3.96. The van der Waals surface area contributed by atoms with Gasteiger partial charge in [-0.2, -0.15) is 0 Å². The third-order valence-electron chi connectivity index (χ3n) is 5.11. The molecule has 2 aromatic rings. The van der Waals surface area contributed by atoms with Gasteiger partial charge in [0.05, 0.1) is 5.52 Å². The van der Waals surface area contributed by atoms with Crippen molar-refractivity contribution in [3.05, 3.63) is 42.1 Å². The molecule has 3 rings (SSSR count). The molecule has 3 heteroatoms. The van der Waals surface area contributed by atoms with E-state index in [1.54, 1.807) is 0 Å². The molecular formula is C18H25N3. The Hall–Kier alpha value is -1.45. The lowest BCUT2D eigenvalue weighted by Gasteiger charge is -2.37. The molecule has 21 heavy (non-hydrogen) atoms. The maximum Gasteiger partial charge on any atom is 0.0705 e. The van der Waals surface area contributed by atoms with E-state index in [1.807, 2.05) is 12.3 Å². The van der Waals surface area contributed by atoms with Gasteiger partial charge in [-0.05, 0) is 36.0 Å². The van der Waals surface area contributed by atoms with Crippen molar-refractivity contribution in [2.24, 2.45) is 17.7 Å². The van der Waals surface area contributed by atoms with Crippen LogP contribution in [0.5, 0.6) is 0 Å². The summed E-state index contributed by atoms with van der Waals surface area (Å²) >= 11 is 0. The van der Waals surface area contributed by atoms with Crippen LogP contribution < -0.4 is 11.3 Å². The molecule has 3 atom stereocenters. The fraction of sp³-hybridized carbons (Fsp3) is 0.500. The third kappa shape index (κ3) is 2.81. The second kappa shape index (κ2) is 6.54. The highest BCUT2D eigenvalue weighted by molar-refractivity contribution is 5.82. The highest BCUT2D eigenvalue weighted by Gasteiger charge is 2.31. The van der Waals surface area contributed by atoms with Gasteiger partial charge in [-0.1, -0.05) is 50.8 Å². The summed E-state index contributed by atoms with van der Waals surface area (Å²) in [6.07, 6.45) is 8.39. The van der Waals surface area contributed by atoms with Crippen LogP contribution >= 0.6 is 0 Å². The molecule has 0 spiro atoms. The number of fused-ring (bicyclic) bond motifs is 1. The van der Waals surface area contributed by atoms with Crippen LogP contribution in [0.2, 0.25) is 0 Å². The summed E-state index contributed by atoms with van der Waals surface area (Å²) in [6, 6.07) is 10.8. The van der Waals surface area contributed by atoms with E-state index in [2.05, 4.69) is 41.6 Å². The van der Waals surface area contributed by atoms with Crippen LogP contribution in [-0.2, 0) is 0 Å². The minimum Gasteiger partial charge on any atom is -0.271 e. The van der Waals surface area contributed by atoms with Crippen molar-refractivity contribution in [1.29, 1.82) is 0 Å². The number of nitrogens with one attached hydrogen (secondary N) is 1. The van der Waals surface area contributed by atoms with E-state index in [-0.39, 0.29) is 6.04 Å². The van der Waals surface area contributed by atoms with Gasteiger partial charge in [0.25, 0.3) is 0 Å². The highest BCUT2D eigenvalue weighted by atomic mass is 15.2. The fourth-order valence-electron chi connectivity index (χ4n) is 4.02. The van der Waals surface area contributed by atoms with E-state index >= 15 is 0 Å². The van der Waals surface area contributed by atoms with E-state index in [1.165, 1.54) is 43.1 Å². The van der Waals surface area contributed by atoms with E-state index in [9.17, 15) is 0 Å². The van der Waals surface area contributed by atoms with E-state index in [0.717, 1.165) is 11.4 Å². The molecule has 3 nitrogen and oxygen atoms in total. The zero-order chi connectivity index (χ0) is 14.7. The first-order valence-corrected chi connectivity index (χ1v) is 8.15. The molecule has 1 aliphatic carbocycles. The lowest BCUT2D eigenvalue weighted by molar-refractivity contribution is 0.177. The molecule has 1 aromatic heterocycles. The summed E-state index contributed by atoms with van der Waals surface area (Å²) in [5.74, 6) is 7.37. The number of nitrogens with two attached hydrogens (primary N) is 1. The van der Waals surface area contributed by atoms with Crippen molar-refractivity contribution in [2.75, 3.05) is 0 Å². The maximum atomic E-state index is 5.97. The summed E-state index contributed by atoms with van der Waals surface area (Å²) in [5.41, 5.74) is 5.47. The summed E-state index contributed by atoms with van der Waals surface area (Å²) in [4.78, 5) is 4.47. The quantitative estimate of drug-likeness (QED) is 0.659. The second-order valence-corrected chi connectivity index (χ2v) is 6.18. The first kappa shape index (κ1) is 14.5. The van der Waals surface area contributed by atoms with Crippen molar-refractivity contribution >= 4 is 10.9 Å². The molecule has 112 valence electrons. The summed E-state index contributed by atoms with van der Waals surface area (Å²) < 4.78 is 0. The Kier molecular flexibility index (Phi) is 4.51. The molecule has 0 bridgehead atoms. The SMILES string of the molecule is CCC1CCCCC1C(NN)c1cccc2ncccc12. The molecular weight excluding hydrogens is 258 g/mol. The molecule has 3 unspecified atom stereocenters. The number of rotatable bonds is 4. The lowest BCUT2D eigenvalue weighted by Crippen LogP contribution is -2.38. The number of nitrogens with zero attached hydrogens (tertiary/aromatic N) is 1. The molecule has 1 aliphatic rings. The van der Waals surface area contributed by atoms with Gasteiger partial charge >= 0.3 is 0 Å². The van der Waals surface area contributed by atoms with Gasteiger partial charge in [-0.3, -0.25) is 16.3 Å². The van der Waals surface area contributed by atoms with Gasteiger partial charge in [0, 0.05) is 17.6 Å². The van der Waals surface area contributed by atoms with Crippen LogP contribution in [0.15, 0.2) is 36.5 Å². The van der Waals surface area contributed by atoms with E-state index < -0.39 is 0 Å². The zero-order valence-corrected chi connectivity index (χ0v) is 12.8. The molecule has 0 saturated heterocycles. The first-order chi connectivity index (χ1) is 10.3. The minimum atomic E-state index is 0.225. The fourth-order valence-corrected chi connectivity index (χ4v) is 4.02. The van der Waals surface area contributed by atoms with Gasteiger partial charge < -0.3 is 0 Å². The molecule has 0 aliphatic heterocycles. The highest BCUT2D eigenvalue weighted by Crippen LogP contribution is 2.41. The zero-order valence-electron chi connectivity index (χ0n) is 12.8. The monoisotopic (exact) mass is 283 g/mol. The largest absolute Gasteiger partial charge is 0.271 e. The van der Waals surface area contributed by atoms with Crippen molar-refractivity contribution in [3.63, 3.8) is 0 Å². The summed E-state index contributed by atoms with van der Waals surface area (Å²) in [6.45, 7) is 2.31. The Morgan fingerprint density at radius 1 is 1.24 bits per heavy atom. The maximum absolute atomic E-state index is 5.97. The molecule has 3 N–H and O–H groups in total. The molecule has 1 aromatic carbocycles. The summed E-state index contributed by atoms with van der Waals surface area (Å²) in [7, 11) is 0. The minimum absolute atomic E-state index is 0.225. The Labute approximate surface area is 126 Å². The average Bonchev–Trinajstić information content (AvgIpc) is 2.56. The van der Waals surface area contributed by atoms with Gasteiger partial charge in [-0.15, -0.1) is 0 Å². The van der Waals surface area contributed by atoms with Crippen LogP contribution in [0.3, 0.4) is 0 Å². The molecule has 1 heterocycles. The van der Waals surface area contributed by atoms with Crippen molar-refractivity contribution in [1.82, 2.24) is 10.4 Å². The van der Waals surface area contributed by atoms with Crippen molar-refractivity contribution in [3.8, 4) is 0 Å². The topological polar surface area (TPSA) is 50.9 Å². The average molecular weight is 283 g/mol. The number of pyridine rings is 1. The van der Waals surface area contributed by atoms with Crippen LogP contribution in [-0.4, -0.2) is 4.98 Å². The molecule has 0 radical (unpaired) electrons. The number of hydrogen-bond acceptors (Lipinski definition) is 3. The number of hydrazine groups is 1. The van der Waals surface area contributed by atoms with Gasteiger partial charge in [-0.25, -0.2) is 0 Å². The predicted molar refractivity (Wildman–Crippen MR) is 87.5 cm³/mol. The summed E-state index contributed by atoms with van der Waals surface area (Å²) in [5, 5.41) is 1.23. The van der Waals surface area contributed by atoms with Gasteiger partial charge in [0.15, 0.2) is 0 Å². The molecule has 1 fully saturated rings. The smallest absolute Gasteiger partial charge is 0.0705 e. The Morgan fingerprint density at radius 2 is 2.10 bits per heavy atom. The van der Waals surface area contributed by atoms with Crippen molar-refractivity contribution in [2.45, 2.75) is 45.1 Å². The number of aromatic nitrogens is 1. The lowest BCUT2D eigenvalue weighted by atomic mass is 9.72. The van der Waals surface area contributed by atoms with Crippen LogP contribution in [0.4, 0.5) is 0 Å². The molecule has 1 saturated carbocycles. The molecule has 0 amide bonds.